The third-order valence-corrected chi connectivity index (χ3v) is 0.885. The van der Waals surface area contributed by atoms with Crippen LogP contribution in [0.1, 0.15) is 0 Å². The summed E-state index contributed by atoms with van der Waals surface area (Å²) >= 11 is 0. The van der Waals surface area contributed by atoms with Gasteiger partial charge in [0.1, 0.15) is 0 Å². The third kappa shape index (κ3) is 6.36. The molecule has 62 valence electrons. The number of amides is 1. The van der Waals surface area contributed by atoms with E-state index >= 15 is 0 Å². The maximum Gasteiger partial charge on any atom is 0.329 e. The lowest BCUT2D eigenvalue weighted by Crippen LogP contribution is -2.28. The number of aliphatic carboxylic acids is 1. The van der Waals surface area contributed by atoms with Crippen LogP contribution in [0.2, 0.25) is 0 Å². The van der Waals surface area contributed by atoms with Gasteiger partial charge in [0.15, 0.2) is 0 Å². The zero-order valence-electron chi connectivity index (χ0n) is 6.13. The SMILES string of the molecule is CNC(=O)CN/C=C/C(=O)O. The van der Waals surface area contributed by atoms with E-state index in [0.29, 0.717) is 0 Å². The highest BCUT2D eigenvalue weighted by molar-refractivity contribution is 5.80. The van der Waals surface area contributed by atoms with Crippen molar-refractivity contribution in [1.29, 1.82) is 0 Å². The first kappa shape index (κ1) is 9.48. The number of hydrogen-bond acceptors (Lipinski definition) is 3. The molecule has 0 heterocycles. The van der Waals surface area contributed by atoms with Crippen molar-refractivity contribution in [3.63, 3.8) is 0 Å². The number of carboxylic acid groups (broad SMARTS) is 1. The van der Waals surface area contributed by atoms with E-state index in [4.69, 9.17) is 5.11 Å². The molecule has 0 radical (unpaired) electrons. The molecule has 0 fully saturated rings. The maximum absolute atomic E-state index is 10.5. The Morgan fingerprint density at radius 3 is 2.64 bits per heavy atom. The number of carboxylic acids is 1. The second-order valence-corrected chi connectivity index (χ2v) is 1.73. The normalized spacial score (nSPS) is 9.55. The summed E-state index contributed by atoms with van der Waals surface area (Å²) in [5, 5.41) is 13.0. The molecule has 0 aliphatic rings. The van der Waals surface area contributed by atoms with Crippen molar-refractivity contribution in [2.45, 2.75) is 0 Å². The van der Waals surface area contributed by atoms with Crippen molar-refractivity contribution in [2.24, 2.45) is 0 Å². The number of nitrogens with one attached hydrogen (secondary N) is 2. The lowest BCUT2D eigenvalue weighted by atomic mass is 10.5. The van der Waals surface area contributed by atoms with Gasteiger partial charge in [-0.2, -0.15) is 0 Å². The smallest absolute Gasteiger partial charge is 0.329 e. The predicted octanol–water partition coefficient (Wildman–Crippen LogP) is -1.08. The van der Waals surface area contributed by atoms with Gasteiger partial charge in [0.05, 0.1) is 6.54 Å². The quantitative estimate of drug-likeness (QED) is 0.455. The summed E-state index contributed by atoms with van der Waals surface area (Å²) in [7, 11) is 1.50. The van der Waals surface area contributed by atoms with Gasteiger partial charge in [-0.05, 0) is 0 Å². The van der Waals surface area contributed by atoms with Crippen LogP contribution in [0.4, 0.5) is 0 Å². The molecule has 0 saturated carbocycles. The van der Waals surface area contributed by atoms with Gasteiger partial charge < -0.3 is 15.7 Å². The number of hydrogen-bond donors (Lipinski definition) is 3. The van der Waals surface area contributed by atoms with Crippen LogP contribution in [-0.2, 0) is 9.59 Å². The lowest BCUT2D eigenvalue weighted by Gasteiger charge is -1.96. The van der Waals surface area contributed by atoms with E-state index < -0.39 is 5.97 Å². The zero-order valence-corrected chi connectivity index (χ0v) is 6.13. The number of likely N-dealkylation sites (N-methyl/N-ethyl adjacent to an activating group) is 1. The van der Waals surface area contributed by atoms with Crippen molar-refractivity contribution in [2.75, 3.05) is 13.6 Å². The van der Waals surface area contributed by atoms with Crippen LogP contribution in [0.15, 0.2) is 12.3 Å². The van der Waals surface area contributed by atoms with E-state index in [1.807, 2.05) is 0 Å². The number of carbonyl (C=O) groups is 2. The Morgan fingerprint density at radius 2 is 2.18 bits per heavy atom. The highest BCUT2D eigenvalue weighted by atomic mass is 16.4. The summed E-state index contributed by atoms with van der Waals surface area (Å²) in [5.74, 6) is -1.24. The molecular formula is C6H10N2O3. The van der Waals surface area contributed by atoms with Crippen molar-refractivity contribution in [1.82, 2.24) is 10.6 Å². The number of carbonyl (C=O) groups excluding carboxylic acids is 1. The van der Waals surface area contributed by atoms with Gasteiger partial charge in [-0.3, -0.25) is 4.79 Å². The molecule has 0 unspecified atom stereocenters. The highest BCUT2D eigenvalue weighted by Gasteiger charge is 1.92. The molecule has 5 nitrogen and oxygen atoms in total. The first-order chi connectivity index (χ1) is 5.16. The van der Waals surface area contributed by atoms with Crippen LogP contribution in [0.5, 0.6) is 0 Å². The summed E-state index contributed by atoms with van der Waals surface area (Å²) in [6, 6.07) is 0. The predicted molar refractivity (Wildman–Crippen MR) is 38.8 cm³/mol. The largest absolute Gasteiger partial charge is 0.478 e. The minimum atomic E-state index is -1.05. The fourth-order valence-electron chi connectivity index (χ4n) is 0.370. The van der Waals surface area contributed by atoms with Crippen LogP contribution < -0.4 is 10.6 Å². The Morgan fingerprint density at radius 1 is 1.55 bits per heavy atom. The standard InChI is InChI=1S/C6H10N2O3/c1-7-5(9)4-8-3-2-6(10)11/h2-3,8H,4H2,1H3,(H,7,9)(H,10,11)/b3-2+. The average molecular weight is 158 g/mol. The first-order valence-electron chi connectivity index (χ1n) is 3.00. The minimum Gasteiger partial charge on any atom is -0.478 e. The number of rotatable bonds is 4. The molecule has 0 aromatic rings. The molecule has 0 atom stereocenters. The van der Waals surface area contributed by atoms with Gasteiger partial charge in [0.25, 0.3) is 0 Å². The minimum absolute atomic E-state index is 0.0836. The van der Waals surface area contributed by atoms with Gasteiger partial charge in [-0.1, -0.05) is 0 Å². The van der Waals surface area contributed by atoms with Crippen LogP contribution in [-0.4, -0.2) is 30.6 Å². The van der Waals surface area contributed by atoms with Crippen molar-refractivity contribution >= 4 is 11.9 Å². The van der Waals surface area contributed by atoms with Crippen molar-refractivity contribution in [3.05, 3.63) is 12.3 Å². The molecule has 0 aromatic heterocycles. The maximum atomic E-state index is 10.5. The van der Waals surface area contributed by atoms with E-state index in [0.717, 1.165) is 6.08 Å². The van der Waals surface area contributed by atoms with Gasteiger partial charge >= 0.3 is 5.97 Å². The summed E-state index contributed by atoms with van der Waals surface area (Å²) in [6.07, 6.45) is 2.13. The second kappa shape index (κ2) is 5.28. The Balaban J connectivity index is 3.41. The van der Waals surface area contributed by atoms with Gasteiger partial charge in [0, 0.05) is 19.3 Å². The second-order valence-electron chi connectivity index (χ2n) is 1.73. The Bertz CT molecular complexity index is 177. The molecule has 0 spiro atoms. The molecular weight excluding hydrogens is 148 g/mol. The molecule has 0 aliphatic heterocycles. The third-order valence-electron chi connectivity index (χ3n) is 0.885. The highest BCUT2D eigenvalue weighted by Crippen LogP contribution is 1.67. The Hall–Kier alpha value is -1.52. The molecule has 5 heteroatoms. The summed E-state index contributed by atoms with van der Waals surface area (Å²) < 4.78 is 0. The lowest BCUT2D eigenvalue weighted by molar-refractivity contribution is -0.131. The zero-order chi connectivity index (χ0) is 8.69. The van der Waals surface area contributed by atoms with E-state index in [2.05, 4.69) is 10.6 Å². The van der Waals surface area contributed by atoms with E-state index in [9.17, 15) is 9.59 Å². The first-order valence-corrected chi connectivity index (χ1v) is 3.00. The van der Waals surface area contributed by atoms with Crippen LogP contribution in [0.3, 0.4) is 0 Å². The summed E-state index contributed by atoms with van der Waals surface area (Å²) in [5.41, 5.74) is 0. The molecule has 0 aliphatic carbocycles. The molecule has 0 saturated heterocycles. The Labute approximate surface area is 64.1 Å². The topological polar surface area (TPSA) is 78.4 Å². The fourth-order valence-corrected chi connectivity index (χ4v) is 0.370. The molecule has 0 rings (SSSR count). The monoisotopic (exact) mass is 158 g/mol. The van der Waals surface area contributed by atoms with Crippen molar-refractivity contribution in [3.8, 4) is 0 Å². The molecule has 0 aromatic carbocycles. The van der Waals surface area contributed by atoms with E-state index in [1.165, 1.54) is 13.2 Å². The van der Waals surface area contributed by atoms with Crippen LogP contribution in [0.25, 0.3) is 0 Å². The summed E-state index contributed by atoms with van der Waals surface area (Å²) in [4.78, 5) is 20.4. The average Bonchev–Trinajstić information content (AvgIpc) is 1.97. The molecule has 11 heavy (non-hydrogen) atoms. The molecule has 0 bridgehead atoms. The van der Waals surface area contributed by atoms with Crippen molar-refractivity contribution < 1.29 is 14.7 Å². The van der Waals surface area contributed by atoms with Gasteiger partial charge in [-0.25, -0.2) is 4.79 Å². The van der Waals surface area contributed by atoms with Gasteiger partial charge in [-0.15, -0.1) is 0 Å². The van der Waals surface area contributed by atoms with Gasteiger partial charge in [0.2, 0.25) is 5.91 Å². The molecule has 3 N–H and O–H groups in total. The Kier molecular flexibility index (Phi) is 4.55. The van der Waals surface area contributed by atoms with E-state index in [1.54, 1.807) is 0 Å². The molecule has 1 amide bonds. The van der Waals surface area contributed by atoms with E-state index in [-0.39, 0.29) is 12.5 Å². The fraction of sp³-hybridized carbons (Fsp3) is 0.333. The van der Waals surface area contributed by atoms with Crippen LogP contribution in [0, 0.1) is 0 Å². The summed E-state index contributed by atoms with van der Waals surface area (Å²) in [6.45, 7) is 0.0836. The van der Waals surface area contributed by atoms with Crippen LogP contribution >= 0.6 is 0 Å².